The first-order valence-electron chi connectivity index (χ1n) is 7.23. The van der Waals surface area contributed by atoms with Crippen LogP contribution in [0, 0.1) is 6.92 Å². The van der Waals surface area contributed by atoms with E-state index < -0.39 is 0 Å². The zero-order chi connectivity index (χ0) is 16.1. The highest BCUT2D eigenvalue weighted by Crippen LogP contribution is 2.26. The number of para-hydroxylation sites is 1. The predicted octanol–water partition coefficient (Wildman–Crippen LogP) is 3.55. The van der Waals surface area contributed by atoms with E-state index in [2.05, 4.69) is 26.1 Å². The van der Waals surface area contributed by atoms with E-state index in [1.165, 1.54) is 6.33 Å². The second-order valence-electron chi connectivity index (χ2n) is 5.10. The summed E-state index contributed by atoms with van der Waals surface area (Å²) in [5, 5.41) is 3.21. The summed E-state index contributed by atoms with van der Waals surface area (Å²) in [7, 11) is 0. The van der Waals surface area contributed by atoms with Crippen LogP contribution in [0.4, 0.5) is 28.7 Å². The van der Waals surface area contributed by atoms with Crippen molar-refractivity contribution in [3.63, 3.8) is 0 Å². The zero-order valence-electron chi connectivity index (χ0n) is 12.7. The number of benzene rings is 2. The quantitative estimate of drug-likeness (QED) is 0.539. The highest BCUT2D eigenvalue weighted by Gasteiger charge is 2.08. The zero-order valence-corrected chi connectivity index (χ0v) is 12.7. The predicted molar refractivity (Wildman–Crippen MR) is 94.6 cm³/mol. The molecular weight excluding hydrogens is 288 g/mol. The molecule has 5 N–H and O–H groups in total. The van der Waals surface area contributed by atoms with E-state index in [4.69, 9.17) is 5.73 Å². The minimum atomic E-state index is 0.442. The molecule has 0 fully saturated rings. The van der Waals surface area contributed by atoms with Crippen LogP contribution in [0.2, 0.25) is 0 Å². The number of hydrazine groups is 1. The van der Waals surface area contributed by atoms with Crippen LogP contribution in [0.25, 0.3) is 0 Å². The Hall–Kier alpha value is -3.28. The first-order chi connectivity index (χ1) is 11.2. The van der Waals surface area contributed by atoms with E-state index in [1.807, 2.05) is 61.5 Å². The summed E-state index contributed by atoms with van der Waals surface area (Å²) < 4.78 is 0. The molecule has 0 aliphatic rings. The van der Waals surface area contributed by atoms with Gasteiger partial charge >= 0.3 is 0 Å². The van der Waals surface area contributed by atoms with Gasteiger partial charge in [0.2, 0.25) is 0 Å². The molecule has 116 valence electrons. The minimum Gasteiger partial charge on any atom is -0.393 e. The SMILES string of the molecule is Cc1cccc(Nc2ncnc(NNc3ccccc3)c2N)c1. The molecule has 0 unspecified atom stereocenters. The molecule has 1 aromatic heterocycles. The van der Waals surface area contributed by atoms with Crippen LogP contribution in [0.3, 0.4) is 0 Å². The first kappa shape index (κ1) is 14.6. The molecule has 0 aliphatic carbocycles. The van der Waals surface area contributed by atoms with E-state index in [-0.39, 0.29) is 0 Å². The summed E-state index contributed by atoms with van der Waals surface area (Å²) in [6, 6.07) is 17.7. The Labute approximate surface area is 134 Å². The van der Waals surface area contributed by atoms with Gasteiger partial charge in [-0.15, -0.1) is 0 Å². The summed E-state index contributed by atoms with van der Waals surface area (Å²) >= 11 is 0. The molecule has 0 bridgehead atoms. The number of hydrogen-bond donors (Lipinski definition) is 4. The third-order valence-electron chi connectivity index (χ3n) is 3.26. The largest absolute Gasteiger partial charge is 0.393 e. The van der Waals surface area contributed by atoms with E-state index in [1.54, 1.807) is 0 Å². The van der Waals surface area contributed by atoms with Crippen LogP contribution >= 0.6 is 0 Å². The van der Waals surface area contributed by atoms with Crippen LogP contribution in [0.1, 0.15) is 5.56 Å². The lowest BCUT2D eigenvalue weighted by atomic mass is 10.2. The Bertz CT molecular complexity index is 788. The average molecular weight is 306 g/mol. The molecule has 2 aromatic carbocycles. The molecule has 0 spiro atoms. The van der Waals surface area contributed by atoms with Crippen molar-refractivity contribution >= 4 is 28.7 Å². The Morgan fingerprint density at radius 1 is 0.826 bits per heavy atom. The molecule has 0 radical (unpaired) electrons. The van der Waals surface area contributed by atoms with Crippen molar-refractivity contribution in [2.45, 2.75) is 6.92 Å². The molecular formula is C17H18N6. The topological polar surface area (TPSA) is 87.9 Å². The molecule has 0 aliphatic heterocycles. The molecule has 0 atom stereocenters. The lowest BCUT2D eigenvalue weighted by Crippen LogP contribution is -2.13. The van der Waals surface area contributed by atoms with Gasteiger partial charge in [0.1, 0.15) is 12.0 Å². The Balaban J connectivity index is 1.75. The smallest absolute Gasteiger partial charge is 0.173 e. The third-order valence-corrected chi connectivity index (χ3v) is 3.26. The van der Waals surface area contributed by atoms with Crippen LogP contribution in [0.15, 0.2) is 60.9 Å². The van der Waals surface area contributed by atoms with Crippen LogP contribution < -0.4 is 21.9 Å². The number of anilines is 5. The minimum absolute atomic E-state index is 0.442. The maximum atomic E-state index is 6.14. The van der Waals surface area contributed by atoms with E-state index >= 15 is 0 Å². The molecule has 3 aromatic rings. The van der Waals surface area contributed by atoms with Gasteiger partial charge < -0.3 is 11.1 Å². The molecule has 0 saturated heterocycles. The van der Waals surface area contributed by atoms with Crippen LogP contribution in [0.5, 0.6) is 0 Å². The van der Waals surface area contributed by atoms with Gasteiger partial charge in [0.15, 0.2) is 11.6 Å². The summed E-state index contributed by atoms with van der Waals surface area (Å²) in [5.41, 5.74) is 15.6. The summed E-state index contributed by atoms with van der Waals surface area (Å²) in [5.74, 6) is 1.07. The van der Waals surface area contributed by atoms with Gasteiger partial charge in [0, 0.05) is 5.69 Å². The number of nitrogens with zero attached hydrogens (tertiary/aromatic N) is 2. The van der Waals surface area contributed by atoms with E-state index in [0.29, 0.717) is 17.3 Å². The highest BCUT2D eigenvalue weighted by molar-refractivity contribution is 5.78. The van der Waals surface area contributed by atoms with Crippen molar-refractivity contribution in [3.05, 3.63) is 66.5 Å². The van der Waals surface area contributed by atoms with Gasteiger partial charge in [0.05, 0.1) is 5.69 Å². The van der Waals surface area contributed by atoms with Gasteiger partial charge in [-0.2, -0.15) is 0 Å². The maximum absolute atomic E-state index is 6.14. The first-order valence-corrected chi connectivity index (χ1v) is 7.23. The average Bonchev–Trinajstić information content (AvgIpc) is 2.57. The number of rotatable bonds is 5. The molecule has 6 heteroatoms. The van der Waals surface area contributed by atoms with Gasteiger partial charge in [-0.3, -0.25) is 10.9 Å². The molecule has 0 amide bonds. The van der Waals surface area contributed by atoms with Crippen molar-refractivity contribution in [2.24, 2.45) is 0 Å². The molecule has 3 rings (SSSR count). The fraction of sp³-hybridized carbons (Fsp3) is 0.0588. The summed E-state index contributed by atoms with van der Waals surface area (Å²) in [6.07, 6.45) is 1.46. The van der Waals surface area contributed by atoms with Crippen molar-refractivity contribution in [2.75, 3.05) is 21.9 Å². The number of nitrogens with one attached hydrogen (secondary N) is 3. The van der Waals surface area contributed by atoms with Crippen LogP contribution in [-0.4, -0.2) is 9.97 Å². The van der Waals surface area contributed by atoms with Crippen molar-refractivity contribution in [1.29, 1.82) is 0 Å². The van der Waals surface area contributed by atoms with Gasteiger partial charge in [-0.25, -0.2) is 9.97 Å². The number of hydrogen-bond acceptors (Lipinski definition) is 6. The fourth-order valence-corrected chi connectivity index (χ4v) is 2.11. The Morgan fingerprint density at radius 2 is 1.57 bits per heavy atom. The maximum Gasteiger partial charge on any atom is 0.173 e. The molecule has 6 nitrogen and oxygen atoms in total. The second-order valence-corrected chi connectivity index (χ2v) is 5.10. The number of nitrogen functional groups attached to an aromatic ring is 1. The van der Waals surface area contributed by atoms with E-state index in [0.717, 1.165) is 16.9 Å². The molecule has 1 heterocycles. The fourth-order valence-electron chi connectivity index (χ4n) is 2.11. The van der Waals surface area contributed by atoms with Crippen molar-refractivity contribution in [3.8, 4) is 0 Å². The van der Waals surface area contributed by atoms with Crippen molar-refractivity contribution in [1.82, 2.24) is 9.97 Å². The second kappa shape index (κ2) is 6.65. The summed E-state index contributed by atoms with van der Waals surface area (Å²) in [6.45, 7) is 2.03. The third kappa shape index (κ3) is 3.68. The molecule has 0 saturated carbocycles. The highest BCUT2D eigenvalue weighted by atomic mass is 15.4. The Morgan fingerprint density at radius 3 is 2.35 bits per heavy atom. The van der Waals surface area contributed by atoms with Crippen molar-refractivity contribution < 1.29 is 0 Å². The van der Waals surface area contributed by atoms with Crippen LogP contribution in [-0.2, 0) is 0 Å². The summed E-state index contributed by atoms with van der Waals surface area (Å²) in [4.78, 5) is 8.37. The monoisotopic (exact) mass is 306 g/mol. The standard InChI is InChI=1S/C17H18N6/c1-12-6-5-9-14(10-12)21-16-15(18)17(20-11-19-16)23-22-13-7-3-2-4-8-13/h2-11,22H,18H2,1H3,(H2,19,20,21,23). The van der Waals surface area contributed by atoms with Gasteiger partial charge in [-0.1, -0.05) is 30.3 Å². The van der Waals surface area contributed by atoms with Gasteiger partial charge in [-0.05, 0) is 36.8 Å². The molecule has 23 heavy (non-hydrogen) atoms. The van der Waals surface area contributed by atoms with E-state index in [9.17, 15) is 0 Å². The lowest BCUT2D eigenvalue weighted by molar-refractivity contribution is 1.16. The van der Waals surface area contributed by atoms with Gasteiger partial charge in [0.25, 0.3) is 0 Å². The number of nitrogens with two attached hydrogens (primary N) is 1. The number of aromatic nitrogens is 2. The Kier molecular flexibility index (Phi) is 4.24. The normalized spacial score (nSPS) is 10.1. The number of aryl methyl sites for hydroxylation is 1. The lowest BCUT2D eigenvalue weighted by Gasteiger charge is -2.14.